The Bertz CT molecular complexity index is 772. The molecule has 1 N–H and O–H groups in total. The minimum atomic E-state index is 0.0496. The zero-order valence-corrected chi connectivity index (χ0v) is 15.5. The van der Waals surface area contributed by atoms with E-state index in [4.69, 9.17) is 0 Å². The molecule has 136 valence electrons. The van der Waals surface area contributed by atoms with Crippen LogP contribution in [-0.4, -0.2) is 33.4 Å². The van der Waals surface area contributed by atoms with Crippen LogP contribution in [0.15, 0.2) is 36.4 Å². The van der Waals surface area contributed by atoms with E-state index in [1.54, 1.807) is 0 Å². The molecule has 3 atom stereocenters. The van der Waals surface area contributed by atoms with Crippen LogP contribution in [-0.2, 0) is 11.3 Å². The van der Waals surface area contributed by atoms with E-state index >= 15 is 0 Å². The molecular weight excluding hydrogens is 324 g/mol. The Labute approximate surface area is 154 Å². The minimum Gasteiger partial charge on any atom is -0.349 e. The van der Waals surface area contributed by atoms with Gasteiger partial charge in [0.25, 0.3) is 0 Å². The highest BCUT2D eigenvalue weighted by Gasteiger charge is 2.46. The summed E-state index contributed by atoms with van der Waals surface area (Å²) in [5, 5.41) is 3.09. The van der Waals surface area contributed by atoms with Gasteiger partial charge in [-0.2, -0.15) is 0 Å². The molecule has 26 heavy (non-hydrogen) atoms. The van der Waals surface area contributed by atoms with Gasteiger partial charge in [-0.25, -0.2) is 9.97 Å². The molecule has 1 aromatic heterocycles. The lowest BCUT2D eigenvalue weighted by Crippen LogP contribution is -2.37. The van der Waals surface area contributed by atoms with Gasteiger partial charge in [0.15, 0.2) is 0 Å². The molecule has 0 aliphatic carbocycles. The summed E-state index contributed by atoms with van der Waals surface area (Å²) in [5.74, 6) is 0.883. The highest BCUT2D eigenvalue weighted by Crippen LogP contribution is 2.44. The fourth-order valence-electron chi connectivity index (χ4n) is 4.63. The number of nitrogens with one attached hydrogen (secondary N) is 1. The summed E-state index contributed by atoms with van der Waals surface area (Å²) in [6.07, 6.45) is 3.19. The third-order valence-electron chi connectivity index (χ3n) is 5.65. The molecule has 2 saturated heterocycles. The molecule has 3 heterocycles. The van der Waals surface area contributed by atoms with Crippen molar-refractivity contribution in [2.24, 2.45) is 5.92 Å². The molecule has 0 unspecified atom stereocenters. The van der Waals surface area contributed by atoms with E-state index in [1.165, 1.54) is 12.0 Å². The highest BCUT2D eigenvalue weighted by molar-refractivity contribution is 5.80. The van der Waals surface area contributed by atoms with Crippen LogP contribution >= 0.6 is 0 Å². The number of carbonyl (C=O) groups excluding carboxylic acids is 1. The first kappa shape index (κ1) is 17.2. The predicted octanol–water partition coefficient (Wildman–Crippen LogP) is 2.94. The normalized spacial score (nSPS) is 25.2. The SMILES string of the molecule is Cc1cc(C)nc(CNC(=O)[C@@H]2C[C@H](c3ccccc3)N3CCC[C@@H]23)n1. The lowest BCUT2D eigenvalue weighted by atomic mass is 9.93. The van der Waals surface area contributed by atoms with E-state index in [9.17, 15) is 4.79 Å². The number of rotatable bonds is 4. The number of aryl methyl sites for hydroxylation is 2. The smallest absolute Gasteiger partial charge is 0.225 e. The van der Waals surface area contributed by atoms with Crippen molar-refractivity contribution in [2.75, 3.05) is 6.54 Å². The first-order valence-corrected chi connectivity index (χ1v) is 9.51. The molecule has 2 aliphatic heterocycles. The Morgan fingerprint density at radius 2 is 1.92 bits per heavy atom. The zero-order valence-electron chi connectivity index (χ0n) is 15.5. The quantitative estimate of drug-likeness (QED) is 0.921. The van der Waals surface area contributed by atoms with Crippen LogP contribution in [0, 0.1) is 19.8 Å². The molecule has 1 amide bonds. The summed E-state index contributed by atoms with van der Waals surface area (Å²) in [6, 6.07) is 13.3. The number of benzene rings is 1. The maximum atomic E-state index is 12.9. The molecule has 5 nitrogen and oxygen atoms in total. The van der Waals surface area contributed by atoms with Crippen LogP contribution in [0.1, 0.15) is 48.1 Å². The van der Waals surface area contributed by atoms with Crippen LogP contribution in [0.5, 0.6) is 0 Å². The van der Waals surface area contributed by atoms with Gasteiger partial charge in [-0.05, 0) is 51.3 Å². The fourth-order valence-corrected chi connectivity index (χ4v) is 4.63. The summed E-state index contributed by atoms with van der Waals surface area (Å²) in [4.78, 5) is 24.3. The third-order valence-corrected chi connectivity index (χ3v) is 5.65. The highest BCUT2D eigenvalue weighted by atomic mass is 16.2. The standard InChI is InChI=1S/C21H26N4O/c1-14-11-15(2)24-20(23-14)13-22-21(26)17-12-19(16-7-4-3-5-8-16)25-10-6-9-18(17)25/h3-5,7-8,11,17-19H,6,9-10,12-13H2,1-2H3,(H,22,26)/t17-,18+,19-/m1/s1. The van der Waals surface area contributed by atoms with Gasteiger partial charge >= 0.3 is 0 Å². The van der Waals surface area contributed by atoms with Crippen molar-refractivity contribution in [2.45, 2.75) is 51.7 Å². The molecule has 0 spiro atoms. The van der Waals surface area contributed by atoms with Gasteiger partial charge in [0, 0.05) is 23.5 Å². The monoisotopic (exact) mass is 350 g/mol. The maximum absolute atomic E-state index is 12.9. The Kier molecular flexibility index (Phi) is 4.72. The van der Waals surface area contributed by atoms with Crippen molar-refractivity contribution in [1.29, 1.82) is 0 Å². The van der Waals surface area contributed by atoms with Crippen molar-refractivity contribution in [1.82, 2.24) is 20.2 Å². The Morgan fingerprint density at radius 1 is 1.19 bits per heavy atom. The average molecular weight is 350 g/mol. The first-order chi connectivity index (χ1) is 12.6. The van der Waals surface area contributed by atoms with Gasteiger partial charge in [0.2, 0.25) is 5.91 Å². The number of aromatic nitrogens is 2. The van der Waals surface area contributed by atoms with E-state index in [0.29, 0.717) is 24.5 Å². The zero-order chi connectivity index (χ0) is 18.1. The fraction of sp³-hybridized carbons (Fsp3) is 0.476. The molecule has 0 radical (unpaired) electrons. The van der Waals surface area contributed by atoms with Crippen LogP contribution in [0.25, 0.3) is 0 Å². The first-order valence-electron chi connectivity index (χ1n) is 9.51. The number of carbonyl (C=O) groups is 1. The summed E-state index contributed by atoms with van der Waals surface area (Å²) in [7, 11) is 0. The van der Waals surface area contributed by atoms with Crippen LogP contribution in [0.4, 0.5) is 0 Å². The van der Waals surface area contributed by atoms with Gasteiger partial charge in [0.1, 0.15) is 5.82 Å². The molecule has 0 bridgehead atoms. The molecule has 2 aliphatic rings. The Morgan fingerprint density at radius 3 is 2.65 bits per heavy atom. The summed E-state index contributed by atoms with van der Waals surface area (Å²) in [6.45, 7) is 5.41. The van der Waals surface area contributed by atoms with Gasteiger partial charge in [-0.3, -0.25) is 9.69 Å². The number of hydrogen-bond acceptors (Lipinski definition) is 4. The molecule has 5 heteroatoms. The summed E-state index contributed by atoms with van der Waals surface area (Å²) in [5.41, 5.74) is 3.20. The predicted molar refractivity (Wildman–Crippen MR) is 100 cm³/mol. The Balaban J connectivity index is 1.46. The van der Waals surface area contributed by atoms with E-state index in [-0.39, 0.29) is 11.8 Å². The van der Waals surface area contributed by atoms with Gasteiger partial charge in [-0.15, -0.1) is 0 Å². The molecule has 0 saturated carbocycles. The second-order valence-corrected chi connectivity index (χ2v) is 7.50. The number of nitrogens with zero attached hydrogens (tertiary/aromatic N) is 3. The summed E-state index contributed by atoms with van der Waals surface area (Å²) < 4.78 is 0. The molecule has 1 aromatic carbocycles. The van der Waals surface area contributed by atoms with E-state index in [0.717, 1.165) is 30.8 Å². The van der Waals surface area contributed by atoms with E-state index in [2.05, 4.69) is 44.5 Å². The lowest BCUT2D eigenvalue weighted by Gasteiger charge is -2.24. The third kappa shape index (κ3) is 3.36. The largest absolute Gasteiger partial charge is 0.349 e. The second-order valence-electron chi connectivity index (χ2n) is 7.50. The molecule has 4 rings (SSSR count). The number of hydrogen-bond donors (Lipinski definition) is 1. The number of fused-ring (bicyclic) bond motifs is 1. The van der Waals surface area contributed by atoms with Crippen LogP contribution in [0.2, 0.25) is 0 Å². The van der Waals surface area contributed by atoms with Gasteiger partial charge < -0.3 is 5.32 Å². The van der Waals surface area contributed by atoms with Crippen molar-refractivity contribution in [3.8, 4) is 0 Å². The molecule has 2 aromatic rings. The van der Waals surface area contributed by atoms with Gasteiger partial charge in [-0.1, -0.05) is 30.3 Å². The number of amides is 1. The minimum absolute atomic E-state index is 0.0496. The average Bonchev–Trinajstić information content (AvgIpc) is 3.22. The van der Waals surface area contributed by atoms with Crippen LogP contribution in [0.3, 0.4) is 0 Å². The van der Waals surface area contributed by atoms with Crippen molar-refractivity contribution < 1.29 is 4.79 Å². The maximum Gasteiger partial charge on any atom is 0.225 e. The molecule has 2 fully saturated rings. The lowest BCUT2D eigenvalue weighted by molar-refractivity contribution is -0.125. The summed E-state index contributed by atoms with van der Waals surface area (Å²) >= 11 is 0. The van der Waals surface area contributed by atoms with Gasteiger partial charge in [0.05, 0.1) is 12.5 Å². The van der Waals surface area contributed by atoms with E-state index in [1.807, 2.05) is 26.0 Å². The van der Waals surface area contributed by atoms with Crippen molar-refractivity contribution in [3.05, 3.63) is 59.2 Å². The Hall–Kier alpha value is -2.27. The molecular formula is C21H26N4O. The van der Waals surface area contributed by atoms with E-state index < -0.39 is 0 Å². The second kappa shape index (κ2) is 7.16. The topological polar surface area (TPSA) is 58.1 Å². The van der Waals surface area contributed by atoms with Crippen LogP contribution < -0.4 is 5.32 Å². The van der Waals surface area contributed by atoms with Crippen molar-refractivity contribution in [3.63, 3.8) is 0 Å². The van der Waals surface area contributed by atoms with Crippen molar-refractivity contribution >= 4 is 5.91 Å².